The fourth-order valence-electron chi connectivity index (χ4n) is 4.55. The predicted octanol–water partition coefficient (Wildman–Crippen LogP) is 3.76. The second-order valence-electron chi connectivity index (χ2n) is 7.75. The third kappa shape index (κ3) is 2.97. The SMILES string of the molecule is Cc1cc2ncn(-c3ccc(OC4CC5CCC(C4)N5C)cc3)c(=O)c2s1. The van der Waals surface area contributed by atoms with E-state index in [1.165, 1.54) is 24.2 Å². The van der Waals surface area contributed by atoms with Crippen LogP contribution in [0.5, 0.6) is 5.75 Å². The number of ether oxygens (including phenoxy) is 1. The molecule has 2 aliphatic rings. The Morgan fingerprint density at radius 1 is 1.15 bits per heavy atom. The predicted molar refractivity (Wildman–Crippen MR) is 108 cm³/mol. The van der Waals surface area contributed by atoms with E-state index in [0.29, 0.717) is 22.9 Å². The van der Waals surface area contributed by atoms with Gasteiger partial charge in [-0.15, -0.1) is 11.3 Å². The summed E-state index contributed by atoms with van der Waals surface area (Å²) in [4.78, 5) is 20.8. The van der Waals surface area contributed by atoms with Gasteiger partial charge in [-0.2, -0.15) is 0 Å². The standard InChI is InChI=1S/C21H23N3O2S/c1-13-9-19-20(27-13)21(25)24(12-22-19)14-5-7-17(8-6-14)26-18-10-15-3-4-16(11-18)23(15)2/h5-9,12,15-16,18H,3-4,10-11H2,1-2H3. The number of thiophene rings is 1. The first-order valence-corrected chi connectivity index (χ1v) is 10.4. The molecule has 2 fully saturated rings. The molecule has 2 saturated heterocycles. The molecule has 0 N–H and O–H groups in total. The molecule has 140 valence electrons. The molecule has 3 aromatic rings. The number of aryl methyl sites for hydroxylation is 1. The number of benzene rings is 1. The molecule has 2 atom stereocenters. The van der Waals surface area contributed by atoms with Crippen LogP contribution in [0.2, 0.25) is 0 Å². The molecule has 6 heteroatoms. The maximum atomic E-state index is 12.8. The monoisotopic (exact) mass is 381 g/mol. The molecule has 0 spiro atoms. The van der Waals surface area contributed by atoms with Crippen molar-refractivity contribution in [1.29, 1.82) is 0 Å². The van der Waals surface area contributed by atoms with Gasteiger partial charge in [0, 0.05) is 17.0 Å². The van der Waals surface area contributed by atoms with Gasteiger partial charge < -0.3 is 9.64 Å². The van der Waals surface area contributed by atoms with Crippen LogP contribution in [0.3, 0.4) is 0 Å². The van der Waals surface area contributed by atoms with Gasteiger partial charge in [0.2, 0.25) is 0 Å². The number of hydrogen-bond acceptors (Lipinski definition) is 5. The van der Waals surface area contributed by atoms with E-state index < -0.39 is 0 Å². The minimum atomic E-state index is -0.0151. The molecular formula is C21H23N3O2S. The highest BCUT2D eigenvalue weighted by Crippen LogP contribution is 2.36. The van der Waals surface area contributed by atoms with E-state index in [9.17, 15) is 4.79 Å². The topological polar surface area (TPSA) is 47.4 Å². The highest BCUT2D eigenvalue weighted by Gasteiger charge is 2.39. The number of aromatic nitrogens is 2. The Kier molecular flexibility index (Phi) is 4.06. The van der Waals surface area contributed by atoms with E-state index in [4.69, 9.17) is 4.74 Å². The average molecular weight is 382 g/mol. The van der Waals surface area contributed by atoms with Crippen LogP contribution in [0, 0.1) is 6.92 Å². The summed E-state index contributed by atoms with van der Waals surface area (Å²) in [5.41, 5.74) is 1.57. The molecule has 4 heterocycles. The van der Waals surface area contributed by atoms with Crippen molar-refractivity contribution in [3.05, 3.63) is 51.9 Å². The lowest BCUT2D eigenvalue weighted by Crippen LogP contribution is -2.43. The van der Waals surface area contributed by atoms with Crippen LogP contribution in [0.25, 0.3) is 15.9 Å². The quantitative estimate of drug-likeness (QED) is 0.693. The molecule has 2 bridgehead atoms. The fourth-order valence-corrected chi connectivity index (χ4v) is 5.45. The summed E-state index contributed by atoms with van der Waals surface area (Å²) in [6, 6.07) is 11.1. The summed E-state index contributed by atoms with van der Waals surface area (Å²) in [5, 5.41) is 0. The second kappa shape index (κ2) is 6.46. The van der Waals surface area contributed by atoms with Crippen LogP contribution >= 0.6 is 11.3 Å². The van der Waals surface area contributed by atoms with Crippen molar-refractivity contribution in [2.75, 3.05) is 7.05 Å². The van der Waals surface area contributed by atoms with E-state index in [-0.39, 0.29) is 5.56 Å². The smallest absolute Gasteiger partial charge is 0.275 e. The Labute approximate surface area is 162 Å². The summed E-state index contributed by atoms with van der Waals surface area (Å²) >= 11 is 1.50. The number of piperidine rings is 1. The summed E-state index contributed by atoms with van der Waals surface area (Å²) in [6.45, 7) is 2.00. The number of hydrogen-bond donors (Lipinski definition) is 0. The van der Waals surface area contributed by atoms with Crippen molar-refractivity contribution < 1.29 is 4.74 Å². The molecule has 5 nitrogen and oxygen atoms in total. The van der Waals surface area contributed by atoms with Gasteiger partial charge in [-0.25, -0.2) is 4.98 Å². The Hall–Kier alpha value is -2.18. The molecule has 2 aliphatic heterocycles. The van der Waals surface area contributed by atoms with Crippen molar-refractivity contribution in [1.82, 2.24) is 14.5 Å². The first kappa shape index (κ1) is 17.0. The minimum absolute atomic E-state index is 0.0151. The van der Waals surface area contributed by atoms with Crippen molar-refractivity contribution in [3.63, 3.8) is 0 Å². The van der Waals surface area contributed by atoms with Crippen molar-refractivity contribution in [2.45, 2.75) is 50.8 Å². The average Bonchev–Trinajstić information content (AvgIpc) is 3.12. The highest BCUT2D eigenvalue weighted by atomic mass is 32.1. The molecule has 5 rings (SSSR count). The van der Waals surface area contributed by atoms with Crippen molar-refractivity contribution in [2.24, 2.45) is 0 Å². The summed E-state index contributed by atoms with van der Waals surface area (Å²) in [7, 11) is 2.24. The maximum Gasteiger partial charge on any atom is 0.275 e. The van der Waals surface area contributed by atoms with E-state index >= 15 is 0 Å². The second-order valence-corrected chi connectivity index (χ2v) is 9.00. The zero-order valence-electron chi connectivity index (χ0n) is 15.6. The summed E-state index contributed by atoms with van der Waals surface area (Å²) in [5.74, 6) is 0.877. The molecule has 27 heavy (non-hydrogen) atoms. The van der Waals surface area contributed by atoms with Crippen LogP contribution in [0.4, 0.5) is 0 Å². The van der Waals surface area contributed by atoms with Crippen LogP contribution in [-0.4, -0.2) is 39.7 Å². The van der Waals surface area contributed by atoms with E-state index in [1.807, 2.05) is 37.3 Å². The van der Waals surface area contributed by atoms with Gasteiger partial charge in [-0.1, -0.05) is 0 Å². The van der Waals surface area contributed by atoms with Gasteiger partial charge in [0.15, 0.2) is 0 Å². The van der Waals surface area contributed by atoms with Crippen LogP contribution in [-0.2, 0) is 0 Å². The number of nitrogens with zero attached hydrogens (tertiary/aromatic N) is 3. The zero-order chi connectivity index (χ0) is 18.5. The fraction of sp³-hybridized carbons (Fsp3) is 0.429. The lowest BCUT2D eigenvalue weighted by Gasteiger charge is -2.36. The normalized spacial score (nSPS) is 25.2. The molecule has 0 radical (unpaired) electrons. The Balaban J connectivity index is 1.36. The van der Waals surface area contributed by atoms with Gasteiger partial charge in [-0.3, -0.25) is 9.36 Å². The van der Waals surface area contributed by atoms with Gasteiger partial charge in [0.25, 0.3) is 5.56 Å². The zero-order valence-corrected chi connectivity index (χ0v) is 16.4. The number of rotatable bonds is 3. The lowest BCUT2D eigenvalue weighted by molar-refractivity contribution is 0.0662. The highest BCUT2D eigenvalue weighted by molar-refractivity contribution is 7.18. The molecule has 2 aromatic heterocycles. The third-order valence-corrected chi connectivity index (χ3v) is 7.06. The summed E-state index contributed by atoms with van der Waals surface area (Å²) < 4.78 is 8.57. The lowest BCUT2D eigenvalue weighted by atomic mass is 10.0. The van der Waals surface area contributed by atoms with Gasteiger partial charge in [0.05, 0.1) is 11.2 Å². The molecule has 2 unspecified atom stereocenters. The third-order valence-electron chi connectivity index (χ3n) is 6.03. The molecule has 0 aliphatic carbocycles. The largest absolute Gasteiger partial charge is 0.490 e. The van der Waals surface area contributed by atoms with Crippen LogP contribution < -0.4 is 10.3 Å². The molecular weight excluding hydrogens is 358 g/mol. The van der Waals surface area contributed by atoms with Crippen molar-refractivity contribution in [3.8, 4) is 11.4 Å². The van der Waals surface area contributed by atoms with Gasteiger partial charge in [0.1, 0.15) is 22.9 Å². The number of fused-ring (bicyclic) bond motifs is 3. The maximum absolute atomic E-state index is 12.8. The molecule has 0 amide bonds. The van der Waals surface area contributed by atoms with E-state index in [0.717, 1.165) is 34.7 Å². The van der Waals surface area contributed by atoms with Gasteiger partial charge >= 0.3 is 0 Å². The van der Waals surface area contributed by atoms with Crippen LogP contribution in [0.15, 0.2) is 41.5 Å². The Morgan fingerprint density at radius 2 is 1.85 bits per heavy atom. The Morgan fingerprint density at radius 3 is 2.56 bits per heavy atom. The first-order chi connectivity index (χ1) is 13.1. The Bertz CT molecular complexity index is 1030. The summed E-state index contributed by atoms with van der Waals surface area (Å²) in [6.07, 6.45) is 6.70. The first-order valence-electron chi connectivity index (χ1n) is 9.55. The van der Waals surface area contributed by atoms with Crippen molar-refractivity contribution >= 4 is 21.6 Å². The van der Waals surface area contributed by atoms with E-state index in [2.05, 4.69) is 16.9 Å². The molecule has 0 saturated carbocycles. The van der Waals surface area contributed by atoms with E-state index in [1.54, 1.807) is 10.9 Å². The minimum Gasteiger partial charge on any atom is -0.490 e. The van der Waals surface area contributed by atoms with Gasteiger partial charge in [-0.05, 0) is 70.0 Å². The van der Waals surface area contributed by atoms with Crippen LogP contribution in [0.1, 0.15) is 30.6 Å². The molecule has 1 aromatic carbocycles.